The zero-order chi connectivity index (χ0) is 41.6. The van der Waals surface area contributed by atoms with Crippen LogP contribution in [0.15, 0.2) is 93.6 Å². The van der Waals surface area contributed by atoms with Crippen LogP contribution < -0.4 is 20.7 Å². The molecule has 14 heteroatoms. The van der Waals surface area contributed by atoms with Crippen LogP contribution in [0.3, 0.4) is 0 Å². The molecule has 0 radical (unpaired) electrons. The van der Waals surface area contributed by atoms with Crippen LogP contribution in [-0.2, 0) is 14.9 Å². The smallest absolute Gasteiger partial charge is 0.342 e. The summed E-state index contributed by atoms with van der Waals surface area (Å²) in [5.74, 6) is -1.92. The molecule has 1 amide bonds. The first-order chi connectivity index (χ1) is 26.6. The van der Waals surface area contributed by atoms with Crippen molar-refractivity contribution in [3.05, 3.63) is 111 Å². The average Bonchev–Trinajstić information content (AvgIpc) is 3.42. The standard InChI is InChI=1S/C43H50ClN5O6S2/c1-24-14-20-29(21-15-24)56-40-32(26-16-18-27(44)19-17-26)33(41(52)55-35-30(42(3,4)5)22-25(2)23-31(35)43(6,7)8)37-46-36(45)34(39(51)49(37)40)38(50)48-57(53,54)47-28-12-10-9-11-13-28/h9-21,25,30-31,35,46-47H,22-23,45H2,1-8H3,(H,48,50). The van der Waals surface area contributed by atoms with E-state index in [-0.39, 0.29) is 44.6 Å². The Labute approximate surface area is 343 Å². The fraction of sp³-hybridized carbons (Fsp3) is 0.372. The van der Waals surface area contributed by atoms with Gasteiger partial charge in [0.05, 0.1) is 10.7 Å². The first-order valence-electron chi connectivity index (χ1n) is 18.9. The maximum Gasteiger partial charge on any atom is 0.342 e. The number of hydrogen-bond acceptors (Lipinski definition) is 8. The summed E-state index contributed by atoms with van der Waals surface area (Å²) in [5, 5.41) is 0.738. The van der Waals surface area contributed by atoms with Crippen molar-refractivity contribution >= 4 is 62.6 Å². The predicted molar refractivity (Wildman–Crippen MR) is 228 cm³/mol. The largest absolute Gasteiger partial charge is 0.458 e. The van der Waals surface area contributed by atoms with Crippen molar-refractivity contribution in [1.29, 1.82) is 0 Å². The van der Waals surface area contributed by atoms with E-state index in [0.717, 1.165) is 23.3 Å². The number of H-pyrrole nitrogens is 1. The summed E-state index contributed by atoms with van der Waals surface area (Å²) in [4.78, 5) is 47.3. The maximum absolute atomic E-state index is 15.1. The number of benzene rings is 3. The third kappa shape index (κ3) is 9.05. The number of aryl methyl sites for hydroxylation is 1. The Kier molecular flexibility index (Phi) is 11.7. The Balaban J connectivity index is 1.59. The van der Waals surface area contributed by atoms with Crippen molar-refractivity contribution in [2.75, 3.05) is 10.5 Å². The van der Waals surface area contributed by atoms with E-state index in [1.165, 1.54) is 28.3 Å². The summed E-state index contributed by atoms with van der Waals surface area (Å²) in [6.07, 6.45) is 1.27. The van der Waals surface area contributed by atoms with Gasteiger partial charge < -0.3 is 15.5 Å². The molecule has 57 heavy (non-hydrogen) atoms. The number of rotatable bonds is 9. The fourth-order valence-corrected chi connectivity index (χ4v) is 9.86. The Bertz CT molecular complexity index is 2450. The minimum Gasteiger partial charge on any atom is -0.458 e. The molecular weight excluding hydrogens is 782 g/mol. The highest BCUT2D eigenvalue weighted by Gasteiger charge is 2.48. The van der Waals surface area contributed by atoms with Gasteiger partial charge in [-0.1, -0.05) is 120 Å². The SMILES string of the molecule is Cc1ccc(Sc2c(-c3ccc(Cl)cc3)c(C(=O)OC3C(C(C)(C)C)CC(C)CC3C(C)(C)C)c3[nH]c(N)c(C(=O)NS(=O)(=O)Nc4ccccc4)c(=O)n23)cc1. The van der Waals surface area contributed by atoms with Crippen LogP contribution >= 0.6 is 23.4 Å². The number of esters is 1. The Morgan fingerprint density at radius 1 is 0.895 bits per heavy atom. The van der Waals surface area contributed by atoms with Gasteiger partial charge in [0.2, 0.25) is 0 Å². The molecule has 3 aromatic carbocycles. The van der Waals surface area contributed by atoms with Gasteiger partial charge >= 0.3 is 16.2 Å². The number of nitrogen functional groups attached to an aromatic ring is 1. The van der Waals surface area contributed by atoms with E-state index in [0.29, 0.717) is 22.1 Å². The number of aromatic amines is 1. The minimum atomic E-state index is -4.51. The van der Waals surface area contributed by atoms with Crippen molar-refractivity contribution in [2.24, 2.45) is 28.6 Å². The van der Waals surface area contributed by atoms with E-state index in [2.05, 4.69) is 58.2 Å². The number of amides is 1. The van der Waals surface area contributed by atoms with E-state index >= 15 is 4.79 Å². The molecule has 1 aliphatic rings. The number of carbonyl (C=O) groups excluding carboxylic acids is 2. The molecule has 0 aliphatic heterocycles. The lowest BCUT2D eigenvalue weighted by atomic mass is 9.59. The molecule has 2 atom stereocenters. The number of nitrogens with zero attached hydrogens (tertiary/aromatic N) is 1. The lowest BCUT2D eigenvalue weighted by molar-refractivity contribution is -0.0922. The maximum atomic E-state index is 15.1. The number of fused-ring (bicyclic) bond motifs is 1. The van der Waals surface area contributed by atoms with Gasteiger partial charge in [-0.05, 0) is 78.5 Å². The quantitative estimate of drug-likeness (QED) is 0.107. The number of anilines is 2. The van der Waals surface area contributed by atoms with Crippen LogP contribution in [-0.4, -0.2) is 35.8 Å². The van der Waals surface area contributed by atoms with Crippen molar-refractivity contribution in [3.63, 3.8) is 0 Å². The van der Waals surface area contributed by atoms with Crippen molar-refractivity contribution in [2.45, 2.75) is 84.3 Å². The van der Waals surface area contributed by atoms with Gasteiger partial charge in [0, 0.05) is 27.3 Å². The highest BCUT2D eigenvalue weighted by Crippen LogP contribution is 2.50. The molecule has 0 saturated heterocycles. The lowest BCUT2D eigenvalue weighted by Gasteiger charge is -2.50. The summed E-state index contributed by atoms with van der Waals surface area (Å²) >= 11 is 7.55. The number of aromatic nitrogens is 2. The molecule has 5 N–H and O–H groups in total. The summed E-state index contributed by atoms with van der Waals surface area (Å²) in [7, 11) is -4.51. The Morgan fingerprint density at radius 2 is 1.47 bits per heavy atom. The Morgan fingerprint density at radius 3 is 2.04 bits per heavy atom. The number of nitrogens with two attached hydrogens (primary N) is 1. The van der Waals surface area contributed by atoms with Crippen LogP contribution in [0.5, 0.6) is 0 Å². The van der Waals surface area contributed by atoms with Crippen LogP contribution in [0, 0.1) is 35.5 Å². The van der Waals surface area contributed by atoms with E-state index in [1.807, 2.05) is 35.9 Å². The van der Waals surface area contributed by atoms with Crippen molar-refractivity contribution in [1.82, 2.24) is 14.1 Å². The van der Waals surface area contributed by atoms with Gasteiger partial charge in [-0.15, -0.1) is 0 Å². The molecule has 2 heterocycles. The van der Waals surface area contributed by atoms with E-state index in [9.17, 15) is 18.0 Å². The van der Waals surface area contributed by atoms with E-state index in [4.69, 9.17) is 22.1 Å². The molecule has 2 aromatic heterocycles. The second kappa shape index (κ2) is 15.9. The molecule has 6 rings (SSSR count). The predicted octanol–water partition coefficient (Wildman–Crippen LogP) is 9.36. The first kappa shape index (κ1) is 41.9. The van der Waals surface area contributed by atoms with Gasteiger partial charge in [0.25, 0.3) is 11.5 Å². The molecule has 5 aromatic rings. The number of nitrogens with one attached hydrogen (secondary N) is 3. The summed E-state index contributed by atoms with van der Waals surface area (Å²) < 4.78 is 38.3. The van der Waals surface area contributed by atoms with Gasteiger partial charge in [0.1, 0.15) is 28.7 Å². The number of para-hydroxylation sites is 1. The topological polar surface area (TPSA) is 165 Å². The number of carbonyl (C=O) groups is 2. The van der Waals surface area contributed by atoms with Crippen LogP contribution in [0.2, 0.25) is 5.02 Å². The number of halogens is 1. The zero-order valence-electron chi connectivity index (χ0n) is 33.4. The third-order valence-corrected chi connectivity index (χ3v) is 13.0. The van der Waals surface area contributed by atoms with Crippen LogP contribution in [0.25, 0.3) is 16.8 Å². The van der Waals surface area contributed by atoms with Crippen LogP contribution in [0.4, 0.5) is 11.5 Å². The van der Waals surface area contributed by atoms with Crippen LogP contribution in [0.1, 0.15) is 87.6 Å². The molecule has 1 saturated carbocycles. The number of hydrogen-bond donors (Lipinski definition) is 4. The molecule has 2 unspecified atom stereocenters. The second-order valence-electron chi connectivity index (χ2n) is 17.2. The van der Waals surface area contributed by atoms with Gasteiger partial charge in [-0.2, -0.15) is 8.42 Å². The molecular formula is C43H50ClN5O6S2. The second-order valence-corrected chi connectivity index (χ2v) is 20.1. The van der Waals surface area contributed by atoms with Crippen molar-refractivity contribution < 1.29 is 22.7 Å². The third-order valence-electron chi connectivity index (χ3n) is 10.7. The molecule has 0 spiro atoms. The number of ether oxygens (including phenoxy) is 1. The fourth-order valence-electron chi connectivity index (χ4n) is 7.81. The normalized spacial score (nSPS) is 19.0. The van der Waals surface area contributed by atoms with Gasteiger partial charge in [-0.25, -0.2) is 9.52 Å². The van der Waals surface area contributed by atoms with Crippen molar-refractivity contribution in [3.8, 4) is 11.1 Å². The monoisotopic (exact) mass is 831 g/mol. The molecule has 0 bridgehead atoms. The molecule has 1 fully saturated rings. The highest BCUT2D eigenvalue weighted by molar-refractivity contribution is 7.99. The van der Waals surface area contributed by atoms with E-state index in [1.54, 1.807) is 42.5 Å². The van der Waals surface area contributed by atoms with E-state index < -0.39 is 45.1 Å². The Hall–Kier alpha value is -4.72. The average molecular weight is 832 g/mol. The summed E-state index contributed by atoms with van der Waals surface area (Å²) in [5.41, 5.74) is 6.60. The molecule has 302 valence electrons. The summed E-state index contributed by atoms with van der Waals surface area (Å²) in [6.45, 7) is 17.2. The first-order valence-corrected chi connectivity index (χ1v) is 21.5. The van der Waals surface area contributed by atoms with Gasteiger partial charge in [-0.3, -0.25) is 18.7 Å². The molecule has 11 nitrogen and oxygen atoms in total. The lowest BCUT2D eigenvalue weighted by Crippen LogP contribution is -2.49. The van der Waals surface area contributed by atoms with Gasteiger partial charge in [0.15, 0.2) is 0 Å². The molecule has 1 aliphatic carbocycles. The highest BCUT2D eigenvalue weighted by atomic mass is 35.5. The summed E-state index contributed by atoms with van der Waals surface area (Å²) in [6, 6.07) is 22.4. The zero-order valence-corrected chi connectivity index (χ0v) is 35.8. The minimum absolute atomic E-state index is 0.00678.